The predicted octanol–water partition coefficient (Wildman–Crippen LogP) is 3.00. The van der Waals surface area contributed by atoms with Crippen LogP contribution in [0.1, 0.15) is 32.3 Å². The molecule has 0 aliphatic carbocycles. The molecule has 0 saturated carbocycles. The van der Waals surface area contributed by atoms with E-state index in [1.165, 1.54) is 0 Å². The molecule has 2 rings (SSSR count). The molecule has 0 bridgehead atoms. The van der Waals surface area contributed by atoms with Gasteiger partial charge in [0.15, 0.2) is 11.5 Å². The molecule has 21 heavy (non-hydrogen) atoms. The SMILES string of the molecule is COc1cccc(CNCC(C)C)c1OC1CCCOC1. The van der Waals surface area contributed by atoms with Crippen LogP contribution in [0.25, 0.3) is 0 Å². The third-order valence-electron chi connectivity index (χ3n) is 3.55. The zero-order valence-corrected chi connectivity index (χ0v) is 13.4. The predicted molar refractivity (Wildman–Crippen MR) is 84.0 cm³/mol. The van der Waals surface area contributed by atoms with Crippen molar-refractivity contribution in [1.82, 2.24) is 5.32 Å². The molecule has 118 valence electrons. The largest absolute Gasteiger partial charge is 0.493 e. The lowest BCUT2D eigenvalue weighted by atomic mass is 10.1. The van der Waals surface area contributed by atoms with Crippen molar-refractivity contribution in [3.63, 3.8) is 0 Å². The van der Waals surface area contributed by atoms with Gasteiger partial charge in [-0.1, -0.05) is 26.0 Å². The minimum Gasteiger partial charge on any atom is -0.493 e. The number of rotatable bonds is 7. The average molecular weight is 293 g/mol. The molecule has 1 aliphatic rings. The number of nitrogens with one attached hydrogen (secondary N) is 1. The first-order valence-electron chi connectivity index (χ1n) is 7.81. The van der Waals surface area contributed by atoms with Crippen LogP contribution in [0.15, 0.2) is 18.2 Å². The Bertz CT molecular complexity index is 428. The maximum atomic E-state index is 6.18. The lowest BCUT2D eigenvalue weighted by Crippen LogP contribution is -2.29. The monoisotopic (exact) mass is 293 g/mol. The Kier molecular flexibility index (Phi) is 6.33. The van der Waals surface area contributed by atoms with Gasteiger partial charge < -0.3 is 19.5 Å². The number of benzene rings is 1. The van der Waals surface area contributed by atoms with Gasteiger partial charge in [-0.2, -0.15) is 0 Å². The molecule has 1 aromatic carbocycles. The Hall–Kier alpha value is -1.26. The van der Waals surface area contributed by atoms with Crippen molar-refractivity contribution in [3.8, 4) is 11.5 Å². The zero-order valence-electron chi connectivity index (χ0n) is 13.4. The third-order valence-corrected chi connectivity index (χ3v) is 3.55. The molecule has 1 saturated heterocycles. The molecule has 4 nitrogen and oxygen atoms in total. The minimum atomic E-state index is 0.124. The number of hydrogen-bond donors (Lipinski definition) is 1. The fourth-order valence-corrected chi connectivity index (χ4v) is 2.46. The van der Waals surface area contributed by atoms with Gasteiger partial charge in [-0.25, -0.2) is 0 Å². The van der Waals surface area contributed by atoms with E-state index in [2.05, 4.69) is 25.2 Å². The molecular formula is C17H27NO3. The summed E-state index contributed by atoms with van der Waals surface area (Å²) in [7, 11) is 1.69. The molecule has 0 spiro atoms. The van der Waals surface area contributed by atoms with Gasteiger partial charge in [-0.15, -0.1) is 0 Å². The van der Waals surface area contributed by atoms with Crippen LogP contribution in [-0.2, 0) is 11.3 Å². The summed E-state index contributed by atoms with van der Waals surface area (Å²) >= 11 is 0. The highest BCUT2D eigenvalue weighted by Crippen LogP contribution is 2.33. The van der Waals surface area contributed by atoms with Crippen molar-refractivity contribution in [2.24, 2.45) is 5.92 Å². The molecule has 1 unspecified atom stereocenters. The second kappa shape index (κ2) is 8.25. The van der Waals surface area contributed by atoms with Crippen molar-refractivity contribution >= 4 is 0 Å². The standard InChI is InChI=1S/C17H27NO3/c1-13(2)10-18-11-14-6-4-8-16(19-3)17(14)21-15-7-5-9-20-12-15/h4,6,8,13,15,18H,5,7,9-12H2,1-3H3. The molecule has 0 radical (unpaired) electrons. The Labute approximate surface area is 127 Å². The van der Waals surface area contributed by atoms with Gasteiger partial charge >= 0.3 is 0 Å². The topological polar surface area (TPSA) is 39.7 Å². The first-order chi connectivity index (χ1) is 10.2. The molecule has 4 heteroatoms. The summed E-state index contributed by atoms with van der Waals surface area (Å²) in [6.45, 7) is 7.69. The van der Waals surface area contributed by atoms with Crippen LogP contribution in [0.2, 0.25) is 0 Å². The second-order valence-corrected chi connectivity index (χ2v) is 5.93. The lowest BCUT2D eigenvalue weighted by molar-refractivity contribution is 0.00599. The van der Waals surface area contributed by atoms with E-state index in [0.717, 1.165) is 49.6 Å². The Morgan fingerprint density at radius 1 is 1.38 bits per heavy atom. The molecule has 1 aromatic rings. The van der Waals surface area contributed by atoms with E-state index < -0.39 is 0 Å². The van der Waals surface area contributed by atoms with Gasteiger partial charge in [-0.3, -0.25) is 0 Å². The Morgan fingerprint density at radius 3 is 2.90 bits per heavy atom. The fraction of sp³-hybridized carbons (Fsp3) is 0.647. The summed E-state index contributed by atoms with van der Waals surface area (Å²) in [6, 6.07) is 6.05. The maximum absolute atomic E-state index is 6.18. The van der Waals surface area contributed by atoms with Crippen molar-refractivity contribution in [2.75, 3.05) is 26.9 Å². The summed E-state index contributed by atoms with van der Waals surface area (Å²) in [5.41, 5.74) is 1.14. The first-order valence-corrected chi connectivity index (χ1v) is 7.81. The van der Waals surface area contributed by atoms with Crippen LogP contribution in [0.4, 0.5) is 0 Å². The Morgan fingerprint density at radius 2 is 2.24 bits per heavy atom. The van der Waals surface area contributed by atoms with Gasteiger partial charge in [-0.05, 0) is 31.4 Å². The summed E-state index contributed by atoms with van der Waals surface area (Å²) in [5, 5.41) is 3.46. The van der Waals surface area contributed by atoms with Gasteiger partial charge in [0.05, 0.1) is 13.7 Å². The molecule has 1 N–H and O–H groups in total. The third kappa shape index (κ3) is 4.90. The van der Waals surface area contributed by atoms with E-state index in [1.807, 2.05) is 12.1 Å². The van der Waals surface area contributed by atoms with Crippen molar-refractivity contribution in [1.29, 1.82) is 0 Å². The maximum Gasteiger partial charge on any atom is 0.166 e. The van der Waals surface area contributed by atoms with Gasteiger partial charge in [0.1, 0.15) is 6.10 Å². The quantitative estimate of drug-likeness (QED) is 0.839. The van der Waals surface area contributed by atoms with E-state index in [4.69, 9.17) is 14.2 Å². The molecule has 0 amide bonds. The van der Waals surface area contributed by atoms with E-state index in [-0.39, 0.29) is 6.10 Å². The fourth-order valence-electron chi connectivity index (χ4n) is 2.46. The van der Waals surface area contributed by atoms with Gasteiger partial charge in [0, 0.05) is 18.7 Å². The first kappa shape index (κ1) is 16.1. The molecule has 0 aromatic heterocycles. The van der Waals surface area contributed by atoms with Crippen LogP contribution in [0.5, 0.6) is 11.5 Å². The number of methoxy groups -OCH3 is 1. The van der Waals surface area contributed by atoms with Crippen molar-refractivity contribution in [3.05, 3.63) is 23.8 Å². The normalized spacial score (nSPS) is 18.8. The van der Waals surface area contributed by atoms with Crippen molar-refractivity contribution in [2.45, 2.75) is 39.3 Å². The van der Waals surface area contributed by atoms with Crippen LogP contribution in [0.3, 0.4) is 0 Å². The highest BCUT2D eigenvalue weighted by atomic mass is 16.5. The summed E-state index contributed by atoms with van der Waals surface area (Å²) in [5.74, 6) is 2.28. The molecule has 1 aliphatic heterocycles. The van der Waals surface area contributed by atoms with Crippen LogP contribution in [-0.4, -0.2) is 33.0 Å². The van der Waals surface area contributed by atoms with Gasteiger partial charge in [0.25, 0.3) is 0 Å². The molecule has 1 atom stereocenters. The minimum absolute atomic E-state index is 0.124. The second-order valence-electron chi connectivity index (χ2n) is 5.93. The smallest absolute Gasteiger partial charge is 0.166 e. The lowest BCUT2D eigenvalue weighted by Gasteiger charge is -2.25. The zero-order chi connectivity index (χ0) is 15.1. The number of ether oxygens (including phenoxy) is 3. The summed E-state index contributed by atoms with van der Waals surface area (Å²) in [4.78, 5) is 0. The van der Waals surface area contributed by atoms with E-state index in [9.17, 15) is 0 Å². The van der Waals surface area contributed by atoms with Crippen LogP contribution < -0.4 is 14.8 Å². The average Bonchev–Trinajstić information content (AvgIpc) is 2.49. The molecular weight excluding hydrogens is 266 g/mol. The summed E-state index contributed by atoms with van der Waals surface area (Å²) < 4.78 is 17.1. The Balaban J connectivity index is 2.07. The van der Waals surface area contributed by atoms with E-state index >= 15 is 0 Å². The van der Waals surface area contributed by atoms with E-state index in [1.54, 1.807) is 7.11 Å². The van der Waals surface area contributed by atoms with Crippen LogP contribution >= 0.6 is 0 Å². The van der Waals surface area contributed by atoms with E-state index in [0.29, 0.717) is 12.5 Å². The number of hydrogen-bond acceptors (Lipinski definition) is 4. The number of para-hydroxylation sites is 1. The van der Waals surface area contributed by atoms with Crippen molar-refractivity contribution < 1.29 is 14.2 Å². The summed E-state index contributed by atoms with van der Waals surface area (Å²) in [6.07, 6.45) is 2.22. The highest BCUT2D eigenvalue weighted by molar-refractivity contribution is 5.46. The van der Waals surface area contributed by atoms with Gasteiger partial charge in [0.2, 0.25) is 0 Å². The van der Waals surface area contributed by atoms with Crippen LogP contribution in [0, 0.1) is 5.92 Å². The molecule has 1 fully saturated rings. The highest BCUT2D eigenvalue weighted by Gasteiger charge is 2.19. The molecule has 1 heterocycles.